The molecule has 2 aromatic heterocycles. The smallest absolute Gasteiger partial charge is 0.257 e. The number of anilines is 1. The number of benzene rings is 2. The van der Waals surface area contributed by atoms with Crippen LogP contribution in [0.4, 0.5) is 10.2 Å². The number of carbonyl (C=O) groups excluding carboxylic acids is 1. The molecule has 2 aliphatic rings. The molecule has 0 bridgehead atoms. The van der Waals surface area contributed by atoms with Gasteiger partial charge < -0.3 is 10.6 Å². The Balaban J connectivity index is 1.44. The molecular formula is C22H17BrFN5O. The summed E-state index contributed by atoms with van der Waals surface area (Å²) in [6.45, 7) is 0. The molecule has 4 aromatic rings. The number of imidazole rings is 1. The van der Waals surface area contributed by atoms with Gasteiger partial charge in [0.1, 0.15) is 17.2 Å². The van der Waals surface area contributed by atoms with Crippen molar-refractivity contribution in [1.29, 1.82) is 0 Å². The van der Waals surface area contributed by atoms with Crippen LogP contribution in [0.3, 0.4) is 0 Å². The largest absolute Gasteiger partial charge is 0.382 e. The van der Waals surface area contributed by atoms with E-state index in [1.54, 1.807) is 34.9 Å². The fourth-order valence-corrected chi connectivity index (χ4v) is 5.34. The van der Waals surface area contributed by atoms with Crippen molar-refractivity contribution in [3.8, 4) is 0 Å². The predicted octanol–water partition coefficient (Wildman–Crippen LogP) is 4.30. The molecule has 1 fully saturated rings. The van der Waals surface area contributed by atoms with Crippen LogP contribution in [0.1, 0.15) is 39.9 Å². The SMILES string of the molecule is CN(C(=O)c1cc2c(cc1F)nc(N)c1cncn12)C1c2ccc(Br)cc2C2CC21. The van der Waals surface area contributed by atoms with Crippen LogP contribution < -0.4 is 5.73 Å². The zero-order chi connectivity index (χ0) is 20.7. The third kappa shape index (κ3) is 2.37. The fourth-order valence-electron chi connectivity index (χ4n) is 4.96. The van der Waals surface area contributed by atoms with Gasteiger partial charge in [0.15, 0.2) is 0 Å². The van der Waals surface area contributed by atoms with Crippen molar-refractivity contribution in [1.82, 2.24) is 19.3 Å². The van der Waals surface area contributed by atoms with Crippen molar-refractivity contribution in [2.45, 2.75) is 18.4 Å². The summed E-state index contributed by atoms with van der Waals surface area (Å²) in [6, 6.07) is 8.98. The van der Waals surface area contributed by atoms with Crippen molar-refractivity contribution in [2.75, 3.05) is 12.8 Å². The maximum absolute atomic E-state index is 15.0. The summed E-state index contributed by atoms with van der Waals surface area (Å²) in [4.78, 5) is 23.4. The highest BCUT2D eigenvalue weighted by Gasteiger charge is 2.54. The van der Waals surface area contributed by atoms with Crippen molar-refractivity contribution < 1.29 is 9.18 Å². The second-order valence-electron chi connectivity index (χ2n) is 8.11. The molecule has 1 amide bonds. The predicted molar refractivity (Wildman–Crippen MR) is 115 cm³/mol. The molecule has 2 aliphatic carbocycles. The first-order valence-corrected chi connectivity index (χ1v) is 10.5. The molecule has 150 valence electrons. The Morgan fingerprint density at radius 2 is 2.10 bits per heavy atom. The standard InChI is InChI=1S/C22H17BrFN5O/c1-28(20-11-3-2-10(23)4-12(11)13-5-14(13)20)22(30)15-6-18-17(7-16(15)24)27-21(25)19-8-26-9-29(18)19/h2-4,6-9,13-14,20H,5H2,1H3,(H2,25,27). The third-order valence-electron chi connectivity index (χ3n) is 6.45. The van der Waals surface area contributed by atoms with E-state index in [2.05, 4.69) is 38.0 Å². The molecule has 0 aliphatic heterocycles. The molecule has 0 saturated heterocycles. The fraction of sp³-hybridized carbons (Fsp3) is 0.227. The molecule has 1 saturated carbocycles. The van der Waals surface area contributed by atoms with E-state index in [-0.39, 0.29) is 23.3 Å². The molecule has 30 heavy (non-hydrogen) atoms. The average Bonchev–Trinajstić information content (AvgIpc) is 3.20. The first-order chi connectivity index (χ1) is 14.4. The summed E-state index contributed by atoms with van der Waals surface area (Å²) >= 11 is 3.54. The van der Waals surface area contributed by atoms with Gasteiger partial charge in [-0.3, -0.25) is 9.20 Å². The van der Waals surface area contributed by atoms with Crippen LogP contribution in [-0.2, 0) is 0 Å². The van der Waals surface area contributed by atoms with Gasteiger partial charge in [0.25, 0.3) is 5.91 Å². The number of hydrogen-bond acceptors (Lipinski definition) is 4. The molecule has 6 nitrogen and oxygen atoms in total. The highest BCUT2D eigenvalue weighted by atomic mass is 79.9. The Hall–Kier alpha value is -3.00. The lowest BCUT2D eigenvalue weighted by atomic mass is 10.0. The minimum atomic E-state index is -0.605. The van der Waals surface area contributed by atoms with Gasteiger partial charge in [-0.2, -0.15) is 0 Å². The molecule has 0 radical (unpaired) electrons. The van der Waals surface area contributed by atoms with Crippen molar-refractivity contribution >= 4 is 44.2 Å². The van der Waals surface area contributed by atoms with E-state index < -0.39 is 5.82 Å². The Morgan fingerprint density at radius 1 is 1.27 bits per heavy atom. The van der Waals surface area contributed by atoms with Gasteiger partial charge in [-0.15, -0.1) is 0 Å². The summed E-state index contributed by atoms with van der Waals surface area (Å²) in [7, 11) is 1.76. The molecule has 2 aromatic carbocycles. The first kappa shape index (κ1) is 17.8. The normalized spacial score (nSPS) is 21.6. The van der Waals surface area contributed by atoms with Gasteiger partial charge in [0.05, 0.1) is 35.2 Å². The van der Waals surface area contributed by atoms with Gasteiger partial charge in [-0.25, -0.2) is 14.4 Å². The minimum Gasteiger partial charge on any atom is -0.382 e. The van der Waals surface area contributed by atoms with Gasteiger partial charge in [-0.05, 0) is 47.6 Å². The van der Waals surface area contributed by atoms with E-state index in [4.69, 9.17) is 5.73 Å². The Labute approximate surface area is 179 Å². The van der Waals surface area contributed by atoms with E-state index in [0.29, 0.717) is 28.4 Å². The highest BCUT2D eigenvalue weighted by molar-refractivity contribution is 9.10. The summed E-state index contributed by atoms with van der Waals surface area (Å²) < 4.78 is 17.7. The lowest BCUT2D eigenvalue weighted by Gasteiger charge is -2.28. The quantitative estimate of drug-likeness (QED) is 0.478. The number of aromatic nitrogens is 3. The first-order valence-electron chi connectivity index (χ1n) is 9.71. The summed E-state index contributed by atoms with van der Waals surface area (Å²) in [5.74, 6) is 0.202. The van der Waals surface area contributed by atoms with Crippen molar-refractivity contribution in [3.05, 3.63) is 69.8 Å². The molecule has 2 heterocycles. The Bertz CT molecular complexity index is 1380. The third-order valence-corrected chi connectivity index (χ3v) is 6.94. The average molecular weight is 466 g/mol. The Kier molecular flexibility index (Phi) is 3.57. The molecule has 0 spiro atoms. The summed E-state index contributed by atoms with van der Waals surface area (Å²) in [5.41, 5.74) is 10.0. The lowest BCUT2D eigenvalue weighted by molar-refractivity contribution is 0.0711. The van der Waals surface area contributed by atoms with Gasteiger partial charge in [-0.1, -0.05) is 22.0 Å². The number of amides is 1. The molecular weight excluding hydrogens is 449 g/mol. The van der Waals surface area contributed by atoms with Gasteiger partial charge >= 0.3 is 0 Å². The zero-order valence-electron chi connectivity index (χ0n) is 16.0. The van der Waals surface area contributed by atoms with E-state index >= 15 is 0 Å². The van der Waals surface area contributed by atoms with Crippen LogP contribution in [0.2, 0.25) is 0 Å². The number of nitrogen functional groups attached to an aromatic ring is 1. The number of halogens is 2. The molecule has 2 N–H and O–H groups in total. The Morgan fingerprint density at radius 3 is 2.93 bits per heavy atom. The van der Waals surface area contributed by atoms with Gasteiger partial charge in [0, 0.05) is 17.6 Å². The summed E-state index contributed by atoms with van der Waals surface area (Å²) in [6.07, 6.45) is 4.25. The number of hydrogen-bond donors (Lipinski definition) is 1. The van der Waals surface area contributed by atoms with Crippen LogP contribution >= 0.6 is 15.9 Å². The number of nitrogens with two attached hydrogens (primary N) is 1. The van der Waals surface area contributed by atoms with Crippen LogP contribution in [0.5, 0.6) is 0 Å². The van der Waals surface area contributed by atoms with Crippen LogP contribution in [0.15, 0.2) is 47.3 Å². The molecule has 3 unspecified atom stereocenters. The summed E-state index contributed by atoms with van der Waals surface area (Å²) in [5, 5.41) is 0. The van der Waals surface area contributed by atoms with Crippen LogP contribution in [-0.4, -0.2) is 32.2 Å². The number of carbonyl (C=O) groups is 1. The van der Waals surface area contributed by atoms with Crippen molar-refractivity contribution in [2.24, 2.45) is 5.92 Å². The number of nitrogens with zero attached hydrogens (tertiary/aromatic N) is 4. The van der Waals surface area contributed by atoms with Crippen molar-refractivity contribution in [3.63, 3.8) is 0 Å². The van der Waals surface area contributed by atoms with E-state index in [0.717, 1.165) is 16.5 Å². The highest BCUT2D eigenvalue weighted by Crippen LogP contribution is 2.63. The maximum atomic E-state index is 15.0. The lowest BCUT2D eigenvalue weighted by Crippen LogP contribution is -2.32. The monoisotopic (exact) mass is 465 g/mol. The minimum absolute atomic E-state index is 0.0225. The molecule has 6 rings (SSSR count). The molecule has 3 atom stereocenters. The van der Waals surface area contributed by atoms with E-state index in [1.807, 2.05) is 6.07 Å². The van der Waals surface area contributed by atoms with E-state index in [1.165, 1.54) is 11.6 Å². The maximum Gasteiger partial charge on any atom is 0.257 e. The topological polar surface area (TPSA) is 76.5 Å². The van der Waals surface area contributed by atoms with Crippen LogP contribution in [0.25, 0.3) is 16.6 Å². The second-order valence-corrected chi connectivity index (χ2v) is 9.02. The zero-order valence-corrected chi connectivity index (χ0v) is 17.6. The van der Waals surface area contributed by atoms with Gasteiger partial charge in [0.2, 0.25) is 0 Å². The second kappa shape index (κ2) is 6.01. The van der Waals surface area contributed by atoms with Crippen LogP contribution in [0, 0.1) is 11.7 Å². The number of fused-ring (bicyclic) bond motifs is 6. The van der Waals surface area contributed by atoms with E-state index in [9.17, 15) is 9.18 Å². The molecule has 8 heteroatoms. The number of rotatable bonds is 2.